The summed E-state index contributed by atoms with van der Waals surface area (Å²) in [4.78, 5) is 4.37. The van der Waals surface area contributed by atoms with Crippen LogP contribution in [0.3, 0.4) is 0 Å². The second-order valence-electron chi connectivity index (χ2n) is 3.98. The largest absolute Gasteiger partial charge is 0.495 e. The summed E-state index contributed by atoms with van der Waals surface area (Å²) in [5.74, 6) is 1.35. The van der Waals surface area contributed by atoms with Gasteiger partial charge in [-0.25, -0.2) is 0 Å². The van der Waals surface area contributed by atoms with E-state index in [0.717, 1.165) is 16.7 Å². The maximum Gasteiger partial charge on any atom is 0.137 e. The highest BCUT2D eigenvalue weighted by molar-refractivity contribution is 5.80. The van der Waals surface area contributed by atoms with Gasteiger partial charge >= 0.3 is 0 Å². The van der Waals surface area contributed by atoms with Gasteiger partial charge in [0.25, 0.3) is 0 Å². The molecule has 0 spiro atoms. The third kappa shape index (κ3) is 1.94. The van der Waals surface area contributed by atoms with Gasteiger partial charge in [-0.1, -0.05) is 26.0 Å². The summed E-state index contributed by atoms with van der Waals surface area (Å²) in [5, 5.41) is 1.12. The summed E-state index contributed by atoms with van der Waals surface area (Å²) in [5.41, 5.74) is 2.35. The first-order valence-electron chi connectivity index (χ1n) is 5.14. The van der Waals surface area contributed by atoms with E-state index in [1.54, 1.807) is 13.3 Å². The monoisotopic (exact) mass is 201 g/mol. The first kappa shape index (κ1) is 9.97. The van der Waals surface area contributed by atoms with Gasteiger partial charge in [-0.3, -0.25) is 4.98 Å². The number of methoxy groups -OCH3 is 1. The molecule has 1 heterocycles. The van der Waals surface area contributed by atoms with Gasteiger partial charge in [0.1, 0.15) is 5.75 Å². The average Bonchev–Trinajstić information content (AvgIpc) is 2.27. The van der Waals surface area contributed by atoms with Crippen LogP contribution in [0.2, 0.25) is 0 Å². The number of ether oxygens (including phenoxy) is 1. The van der Waals surface area contributed by atoms with Crippen molar-refractivity contribution in [3.05, 3.63) is 36.0 Å². The van der Waals surface area contributed by atoms with Crippen LogP contribution in [-0.2, 0) is 0 Å². The fraction of sp³-hybridized carbons (Fsp3) is 0.308. The number of hydrogen-bond donors (Lipinski definition) is 0. The molecule has 0 unspecified atom stereocenters. The maximum atomic E-state index is 5.14. The molecule has 1 aromatic carbocycles. The molecule has 0 bridgehead atoms. The van der Waals surface area contributed by atoms with Gasteiger partial charge < -0.3 is 4.74 Å². The van der Waals surface area contributed by atoms with Crippen molar-refractivity contribution in [2.75, 3.05) is 7.11 Å². The number of pyridine rings is 1. The number of nitrogens with zero attached hydrogens (tertiary/aromatic N) is 1. The van der Waals surface area contributed by atoms with Crippen molar-refractivity contribution in [1.82, 2.24) is 4.98 Å². The van der Waals surface area contributed by atoms with Gasteiger partial charge in [0.05, 0.1) is 18.8 Å². The maximum absolute atomic E-state index is 5.14. The molecule has 0 N–H and O–H groups in total. The third-order valence-corrected chi connectivity index (χ3v) is 2.59. The van der Waals surface area contributed by atoms with Crippen LogP contribution in [0.1, 0.15) is 25.3 Å². The van der Waals surface area contributed by atoms with Crippen molar-refractivity contribution in [2.24, 2.45) is 0 Å². The second-order valence-corrected chi connectivity index (χ2v) is 3.98. The van der Waals surface area contributed by atoms with Crippen molar-refractivity contribution in [3.63, 3.8) is 0 Å². The molecule has 78 valence electrons. The molecule has 2 nitrogen and oxygen atoms in total. The van der Waals surface area contributed by atoms with Crippen LogP contribution in [-0.4, -0.2) is 12.1 Å². The van der Waals surface area contributed by atoms with Gasteiger partial charge in [-0.15, -0.1) is 0 Å². The number of rotatable bonds is 2. The van der Waals surface area contributed by atoms with E-state index in [2.05, 4.69) is 37.0 Å². The molecule has 2 heteroatoms. The Bertz CT molecular complexity index is 477. The SMILES string of the molecule is COc1cnc2cc(C(C)C)ccc2c1. The van der Waals surface area contributed by atoms with Crippen molar-refractivity contribution in [2.45, 2.75) is 19.8 Å². The number of hydrogen-bond acceptors (Lipinski definition) is 2. The lowest BCUT2D eigenvalue weighted by Gasteiger charge is -2.07. The average molecular weight is 201 g/mol. The molecule has 0 aliphatic heterocycles. The van der Waals surface area contributed by atoms with E-state index in [4.69, 9.17) is 4.74 Å². The Morgan fingerprint density at radius 2 is 2.00 bits per heavy atom. The van der Waals surface area contributed by atoms with Crippen LogP contribution in [0.15, 0.2) is 30.5 Å². The molecule has 0 aliphatic carbocycles. The summed E-state index contributed by atoms with van der Waals surface area (Å²) in [6, 6.07) is 8.39. The summed E-state index contributed by atoms with van der Waals surface area (Å²) >= 11 is 0. The highest BCUT2D eigenvalue weighted by atomic mass is 16.5. The predicted molar refractivity (Wildman–Crippen MR) is 62.4 cm³/mol. The zero-order valence-corrected chi connectivity index (χ0v) is 9.32. The van der Waals surface area contributed by atoms with Crippen LogP contribution in [0.25, 0.3) is 10.9 Å². The van der Waals surface area contributed by atoms with Gasteiger partial charge in [-0.2, -0.15) is 0 Å². The van der Waals surface area contributed by atoms with Gasteiger partial charge in [0.2, 0.25) is 0 Å². The Kier molecular flexibility index (Phi) is 2.58. The highest BCUT2D eigenvalue weighted by Crippen LogP contribution is 2.22. The van der Waals surface area contributed by atoms with Crippen LogP contribution in [0.4, 0.5) is 0 Å². The van der Waals surface area contributed by atoms with Crippen molar-refractivity contribution >= 4 is 10.9 Å². The van der Waals surface area contributed by atoms with Crippen LogP contribution in [0, 0.1) is 0 Å². The minimum absolute atomic E-state index is 0.540. The van der Waals surface area contributed by atoms with Gasteiger partial charge in [-0.05, 0) is 23.6 Å². The molecular weight excluding hydrogens is 186 g/mol. The van der Waals surface area contributed by atoms with Crippen molar-refractivity contribution in [1.29, 1.82) is 0 Å². The third-order valence-electron chi connectivity index (χ3n) is 2.59. The van der Waals surface area contributed by atoms with Crippen LogP contribution < -0.4 is 4.74 Å². The number of benzene rings is 1. The Morgan fingerprint density at radius 3 is 2.67 bits per heavy atom. The molecule has 0 atom stereocenters. The Labute approximate surface area is 89.9 Å². The standard InChI is InChI=1S/C13H15NO/c1-9(2)10-4-5-11-6-12(15-3)8-14-13(11)7-10/h4-9H,1-3H3. The van der Waals surface area contributed by atoms with E-state index >= 15 is 0 Å². The predicted octanol–water partition coefficient (Wildman–Crippen LogP) is 3.37. The van der Waals surface area contributed by atoms with Crippen LogP contribution in [0.5, 0.6) is 5.75 Å². The van der Waals surface area contributed by atoms with Crippen LogP contribution >= 0.6 is 0 Å². The number of fused-ring (bicyclic) bond motifs is 1. The summed E-state index contributed by atoms with van der Waals surface area (Å²) in [7, 11) is 1.66. The molecular formula is C13H15NO. The Balaban J connectivity index is 2.55. The normalized spacial score (nSPS) is 10.9. The van der Waals surface area contributed by atoms with E-state index in [1.807, 2.05) is 6.07 Å². The molecule has 0 aliphatic rings. The minimum atomic E-state index is 0.540. The fourth-order valence-corrected chi connectivity index (χ4v) is 1.59. The molecule has 0 amide bonds. The topological polar surface area (TPSA) is 22.1 Å². The smallest absolute Gasteiger partial charge is 0.137 e. The molecule has 1 aromatic heterocycles. The number of aromatic nitrogens is 1. The lowest BCUT2D eigenvalue weighted by atomic mass is 10.0. The summed E-state index contributed by atoms with van der Waals surface area (Å²) in [6.07, 6.45) is 1.76. The van der Waals surface area contributed by atoms with Crippen molar-refractivity contribution in [3.8, 4) is 5.75 Å². The summed E-state index contributed by atoms with van der Waals surface area (Å²) in [6.45, 7) is 4.37. The Morgan fingerprint density at radius 1 is 1.20 bits per heavy atom. The first-order chi connectivity index (χ1) is 7.20. The molecule has 15 heavy (non-hydrogen) atoms. The van der Waals surface area contributed by atoms with E-state index in [-0.39, 0.29) is 0 Å². The zero-order chi connectivity index (χ0) is 10.8. The molecule has 0 saturated heterocycles. The second kappa shape index (κ2) is 3.89. The lowest BCUT2D eigenvalue weighted by Crippen LogP contribution is -1.89. The highest BCUT2D eigenvalue weighted by Gasteiger charge is 2.02. The molecule has 0 saturated carbocycles. The van der Waals surface area contributed by atoms with E-state index in [0.29, 0.717) is 5.92 Å². The van der Waals surface area contributed by atoms with Gasteiger partial charge in [0, 0.05) is 5.39 Å². The minimum Gasteiger partial charge on any atom is -0.495 e. The van der Waals surface area contributed by atoms with E-state index < -0.39 is 0 Å². The quantitative estimate of drug-likeness (QED) is 0.743. The van der Waals surface area contributed by atoms with Gasteiger partial charge in [0.15, 0.2) is 0 Å². The molecule has 2 rings (SSSR count). The molecule has 2 aromatic rings. The Hall–Kier alpha value is -1.57. The molecule has 0 radical (unpaired) electrons. The lowest BCUT2D eigenvalue weighted by molar-refractivity contribution is 0.414. The fourth-order valence-electron chi connectivity index (χ4n) is 1.59. The first-order valence-corrected chi connectivity index (χ1v) is 5.14. The molecule has 0 fully saturated rings. The zero-order valence-electron chi connectivity index (χ0n) is 9.32. The van der Waals surface area contributed by atoms with Crippen molar-refractivity contribution < 1.29 is 4.74 Å². The van der Waals surface area contributed by atoms with E-state index in [9.17, 15) is 0 Å². The van der Waals surface area contributed by atoms with E-state index in [1.165, 1.54) is 5.56 Å². The summed E-state index contributed by atoms with van der Waals surface area (Å²) < 4.78 is 5.14.